The number of aryl methyl sites for hydroxylation is 1. The Morgan fingerprint density at radius 3 is 2.55 bits per heavy atom. The first kappa shape index (κ1) is 24.3. The van der Waals surface area contributed by atoms with E-state index in [1.165, 1.54) is 12.3 Å². The predicted molar refractivity (Wildman–Crippen MR) is 135 cm³/mol. The first-order valence-corrected chi connectivity index (χ1v) is 11.2. The van der Waals surface area contributed by atoms with Gasteiger partial charge >= 0.3 is 0 Å². The molecule has 3 aromatic rings. The number of hydrazone groups is 1. The van der Waals surface area contributed by atoms with Crippen LogP contribution >= 0.6 is 27.5 Å². The molecular weight excluding hydrogens is 512 g/mol. The van der Waals surface area contributed by atoms with E-state index < -0.39 is 4.92 Å². The fourth-order valence-corrected chi connectivity index (χ4v) is 3.40. The number of nitrogens with zero attached hydrogens (tertiary/aromatic N) is 6. The van der Waals surface area contributed by atoms with Crippen LogP contribution < -0.4 is 15.6 Å². The topological polar surface area (TPSA) is 121 Å². The van der Waals surface area contributed by atoms with E-state index in [0.717, 1.165) is 11.3 Å². The highest BCUT2D eigenvalue weighted by atomic mass is 79.9. The first-order valence-electron chi connectivity index (χ1n) is 10.1. The quantitative estimate of drug-likeness (QED) is 0.209. The van der Waals surface area contributed by atoms with Gasteiger partial charge in [0.1, 0.15) is 0 Å². The van der Waals surface area contributed by atoms with Crippen LogP contribution in [0.15, 0.2) is 46.0 Å². The van der Waals surface area contributed by atoms with Gasteiger partial charge in [-0.3, -0.25) is 10.1 Å². The van der Waals surface area contributed by atoms with Crippen molar-refractivity contribution in [3.05, 3.63) is 67.1 Å². The van der Waals surface area contributed by atoms with Crippen LogP contribution in [0.2, 0.25) is 5.02 Å². The molecule has 0 amide bonds. The molecule has 172 valence electrons. The van der Waals surface area contributed by atoms with Crippen LogP contribution in [0.5, 0.6) is 0 Å². The van der Waals surface area contributed by atoms with Gasteiger partial charge < -0.3 is 10.2 Å². The van der Waals surface area contributed by atoms with E-state index >= 15 is 0 Å². The van der Waals surface area contributed by atoms with Gasteiger partial charge in [0.25, 0.3) is 5.69 Å². The fourth-order valence-electron chi connectivity index (χ4n) is 2.83. The number of nitro groups is 1. The van der Waals surface area contributed by atoms with Gasteiger partial charge in [0.2, 0.25) is 17.8 Å². The summed E-state index contributed by atoms with van der Waals surface area (Å²) in [7, 11) is 0. The maximum atomic E-state index is 11.1. The summed E-state index contributed by atoms with van der Waals surface area (Å²) in [6.45, 7) is 7.36. The van der Waals surface area contributed by atoms with E-state index in [9.17, 15) is 10.1 Å². The summed E-state index contributed by atoms with van der Waals surface area (Å²) < 4.78 is 0.394. The summed E-state index contributed by atoms with van der Waals surface area (Å²) in [5, 5.41) is 19.0. The summed E-state index contributed by atoms with van der Waals surface area (Å²) in [4.78, 5) is 26.0. The molecule has 1 heterocycles. The van der Waals surface area contributed by atoms with Crippen molar-refractivity contribution in [1.29, 1.82) is 0 Å². The van der Waals surface area contributed by atoms with E-state index in [2.05, 4.69) is 46.7 Å². The number of benzene rings is 2. The van der Waals surface area contributed by atoms with Crippen molar-refractivity contribution in [2.45, 2.75) is 20.8 Å². The molecule has 0 atom stereocenters. The van der Waals surface area contributed by atoms with Gasteiger partial charge in [-0.2, -0.15) is 20.1 Å². The Balaban J connectivity index is 1.87. The maximum absolute atomic E-state index is 11.1. The number of rotatable bonds is 9. The van der Waals surface area contributed by atoms with Gasteiger partial charge in [-0.15, -0.1) is 0 Å². The van der Waals surface area contributed by atoms with Crippen LogP contribution in [0.1, 0.15) is 25.0 Å². The normalized spacial score (nSPS) is 10.9. The minimum atomic E-state index is -0.466. The number of hydrogen-bond acceptors (Lipinski definition) is 9. The van der Waals surface area contributed by atoms with E-state index in [-0.39, 0.29) is 11.6 Å². The average Bonchev–Trinajstić information content (AvgIpc) is 2.78. The van der Waals surface area contributed by atoms with Gasteiger partial charge in [0.15, 0.2) is 0 Å². The van der Waals surface area contributed by atoms with Crippen LogP contribution in [0.3, 0.4) is 0 Å². The number of nitrogens with one attached hydrogen (secondary N) is 2. The summed E-state index contributed by atoms with van der Waals surface area (Å²) >= 11 is 9.39. The second-order valence-corrected chi connectivity index (χ2v) is 8.14. The molecular formula is C21H22BrClN8O2. The Labute approximate surface area is 204 Å². The molecule has 33 heavy (non-hydrogen) atoms. The molecule has 0 spiro atoms. The number of nitro benzene ring substituents is 1. The second kappa shape index (κ2) is 11.0. The standard InChI is InChI=1S/C21H22BrClN8O2/c1-4-30(5-2)21-27-19(25-15-8-6-13(3)17(23)11-15)26-20(28-21)29-24-12-14-7-9-16(22)18(10-14)31(32)33/h6-12H,4-5H2,1-3H3,(H2,25,26,27,28,29)/b24-12+. The highest BCUT2D eigenvalue weighted by Gasteiger charge is 2.13. The molecule has 0 bridgehead atoms. The molecule has 0 aliphatic rings. The summed E-state index contributed by atoms with van der Waals surface area (Å²) in [5.41, 5.74) is 4.97. The molecule has 0 aliphatic carbocycles. The Hall–Kier alpha value is -3.31. The molecule has 0 radical (unpaired) electrons. The third-order valence-corrected chi connectivity index (χ3v) is 5.72. The third kappa shape index (κ3) is 6.36. The Kier molecular flexibility index (Phi) is 8.12. The smallest absolute Gasteiger partial charge is 0.284 e. The van der Waals surface area contributed by atoms with Gasteiger partial charge in [-0.1, -0.05) is 23.7 Å². The monoisotopic (exact) mass is 532 g/mol. The fraction of sp³-hybridized carbons (Fsp3) is 0.238. The zero-order valence-electron chi connectivity index (χ0n) is 18.2. The zero-order chi connectivity index (χ0) is 24.0. The maximum Gasteiger partial charge on any atom is 0.284 e. The molecule has 0 fully saturated rings. The highest BCUT2D eigenvalue weighted by Crippen LogP contribution is 2.25. The first-order chi connectivity index (χ1) is 15.8. The van der Waals surface area contributed by atoms with Crippen molar-refractivity contribution in [2.75, 3.05) is 28.7 Å². The van der Waals surface area contributed by atoms with Gasteiger partial charge in [-0.05, 0) is 60.5 Å². The van der Waals surface area contributed by atoms with Crippen molar-refractivity contribution < 1.29 is 4.92 Å². The van der Waals surface area contributed by atoms with E-state index in [1.54, 1.807) is 18.2 Å². The minimum absolute atomic E-state index is 0.0498. The van der Waals surface area contributed by atoms with Crippen LogP contribution in [-0.2, 0) is 0 Å². The van der Waals surface area contributed by atoms with Crippen LogP contribution in [0, 0.1) is 17.0 Å². The van der Waals surface area contributed by atoms with Gasteiger partial charge in [0.05, 0.1) is 15.6 Å². The van der Waals surface area contributed by atoms with E-state index in [4.69, 9.17) is 11.6 Å². The lowest BCUT2D eigenvalue weighted by atomic mass is 10.2. The molecule has 2 N–H and O–H groups in total. The molecule has 3 rings (SSSR count). The van der Waals surface area contributed by atoms with Crippen molar-refractivity contribution in [3.63, 3.8) is 0 Å². The average molecular weight is 534 g/mol. The van der Waals surface area contributed by atoms with Crippen LogP contribution in [0.25, 0.3) is 0 Å². The highest BCUT2D eigenvalue weighted by molar-refractivity contribution is 9.10. The SMILES string of the molecule is CCN(CC)c1nc(N/N=C/c2ccc(Br)c([N+](=O)[O-])c2)nc(Nc2ccc(C)c(Cl)c2)n1. The summed E-state index contributed by atoms with van der Waals surface area (Å²) in [6.07, 6.45) is 1.45. The summed E-state index contributed by atoms with van der Waals surface area (Å²) in [5.74, 6) is 1.02. The Bertz CT molecular complexity index is 1190. The molecule has 0 saturated carbocycles. The molecule has 1 aromatic heterocycles. The Morgan fingerprint density at radius 2 is 1.88 bits per heavy atom. The van der Waals surface area contributed by atoms with Gasteiger partial charge in [0, 0.05) is 35.4 Å². The van der Waals surface area contributed by atoms with E-state index in [1.807, 2.05) is 37.8 Å². The largest absolute Gasteiger partial charge is 0.341 e. The molecule has 0 saturated heterocycles. The lowest BCUT2D eigenvalue weighted by Gasteiger charge is -2.19. The van der Waals surface area contributed by atoms with Crippen molar-refractivity contribution in [2.24, 2.45) is 5.10 Å². The number of hydrogen-bond donors (Lipinski definition) is 2. The van der Waals surface area contributed by atoms with Crippen molar-refractivity contribution in [1.82, 2.24) is 15.0 Å². The van der Waals surface area contributed by atoms with Crippen LogP contribution in [0.4, 0.5) is 29.2 Å². The lowest BCUT2D eigenvalue weighted by molar-refractivity contribution is -0.385. The second-order valence-electron chi connectivity index (χ2n) is 6.88. The Morgan fingerprint density at radius 1 is 1.15 bits per heavy atom. The van der Waals surface area contributed by atoms with Crippen molar-refractivity contribution in [3.8, 4) is 0 Å². The van der Waals surface area contributed by atoms with E-state index in [0.29, 0.717) is 40.0 Å². The number of anilines is 4. The molecule has 0 unspecified atom stereocenters. The molecule has 12 heteroatoms. The number of aromatic nitrogens is 3. The van der Waals surface area contributed by atoms with Crippen LogP contribution in [-0.4, -0.2) is 39.2 Å². The molecule has 0 aliphatic heterocycles. The lowest BCUT2D eigenvalue weighted by Crippen LogP contribution is -2.25. The summed E-state index contributed by atoms with van der Waals surface area (Å²) in [6, 6.07) is 10.3. The minimum Gasteiger partial charge on any atom is -0.341 e. The predicted octanol–water partition coefficient (Wildman–Crippen LogP) is 5.54. The molecule has 10 nitrogen and oxygen atoms in total. The van der Waals surface area contributed by atoms with Crippen molar-refractivity contribution >= 4 is 63.0 Å². The molecule has 2 aromatic carbocycles. The third-order valence-electron chi connectivity index (χ3n) is 4.64. The number of halogens is 2. The van der Waals surface area contributed by atoms with Gasteiger partial charge in [-0.25, -0.2) is 5.43 Å². The zero-order valence-corrected chi connectivity index (χ0v) is 20.6.